The van der Waals surface area contributed by atoms with Gasteiger partial charge in [-0.05, 0) is 25.1 Å². The standard InChI is InChI=1S/C12H13FN2O/c1-9(14-15-6-2-3-7-15)11-5-4-10(13)8-12(11)16/h2-9,14,16H,1H3. The number of hydrogen-bond acceptors (Lipinski definition) is 2. The van der Waals surface area contributed by atoms with Crippen molar-refractivity contribution in [2.24, 2.45) is 0 Å². The zero-order valence-corrected chi connectivity index (χ0v) is 8.89. The van der Waals surface area contributed by atoms with E-state index in [4.69, 9.17) is 0 Å². The van der Waals surface area contributed by atoms with Crippen LogP contribution in [0.2, 0.25) is 0 Å². The van der Waals surface area contributed by atoms with Gasteiger partial charge in [0.25, 0.3) is 0 Å². The van der Waals surface area contributed by atoms with Crippen LogP contribution in [0, 0.1) is 5.82 Å². The summed E-state index contributed by atoms with van der Waals surface area (Å²) < 4.78 is 14.6. The molecule has 0 saturated carbocycles. The molecule has 0 bridgehead atoms. The van der Waals surface area contributed by atoms with Crippen molar-refractivity contribution < 1.29 is 9.50 Å². The molecule has 2 rings (SSSR count). The molecular formula is C12H13FN2O. The van der Waals surface area contributed by atoms with Crippen LogP contribution in [-0.4, -0.2) is 9.78 Å². The van der Waals surface area contributed by atoms with Crippen molar-refractivity contribution in [3.8, 4) is 5.75 Å². The van der Waals surface area contributed by atoms with E-state index in [1.807, 2.05) is 31.5 Å². The van der Waals surface area contributed by atoms with Crippen molar-refractivity contribution in [2.45, 2.75) is 13.0 Å². The first-order valence-corrected chi connectivity index (χ1v) is 5.05. The molecule has 1 heterocycles. The Labute approximate surface area is 93.1 Å². The molecule has 0 saturated heterocycles. The van der Waals surface area contributed by atoms with Gasteiger partial charge in [0.15, 0.2) is 0 Å². The number of rotatable bonds is 3. The van der Waals surface area contributed by atoms with Crippen LogP contribution in [0.3, 0.4) is 0 Å². The van der Waals surface area contributed by atoms with Gasteiger partial charge in [0.1, 0.15) is 11.6 Å². The molecule has 0 fully saturated rings. The average Bonchev–Trinajstić information content (AvgIpc) is 2.70. The van der Waals surface area contributed by atoms with E-state index in [-0.39, 0.29) is 11.8 Å². The van der Waals surface area contributed by atoms with Gasteiger partial charge in [-0.1, -0.05) is 6.07 Å². The maximum absolute atomic E-state index is 12.8. The summed E-state index contributed by atoms with van der Waals surface area (Å²) in [5.74, 6) is -0.471. The monoisotopic (exact) mass is 220 g/mol. The van der Waals surface area contributed by atoms with E-state index in [1.54, 1.807) is 10.7 Å². The minimum Gasteiger partial charge on any atom is -0.507 e. The van der Waals surface area contributed by atoms with Gasteiger partial charge in [-0.25, -0.2) is 4.39 Å². The molecule has 0 aliphatic heterocycles. The lowest BCUT2D eigenvalue weighted by Crippen LogP contribution is -2.17. The number of aromatic hydroxyl groups is 1. The quantitative estimate of drug-likeness (QED) is 0.834. The summed E-state index contributed by atoms with van der Waals surface area (Å²) in [5, 5.41) is 9.60. The summed E-state index contributed by atoms with van der Waals surface area (Å²) in [7, 11) is 0. The maximum Gasteiger partial charge on any atom is 0.126 e. The fourth-order valence-corrected chi connectivity index (χ4v) is 1.60. The summed E-state index contributed by atoms with van der Waals surface area (Å²) in [6.45, 7) is 1.90. The second kappa shape index (κ2) is 4.26. The van der Waals surface area contributed by atoms with E-state index in [0.29, 0.717) is 5.56 Å². The average molecular weight is 220 g/mol. The van der Waals surface area contributed by atoms with Gasteiger partial charge in [0.2, 0.25) is 0 Å². The van der Waals surface area contributed by atoms with Gasteiger partial charge in [-0.2, -0.15) is 0 Å². The highest BCUT2D eigenvalue weighted by molar-refractivity contribution is 5.36. The number of halogens is 1. The molecule has 0 aliphatic carbocycles. The van der Waals surface area contributed by atoms with Crippen LogP contribution in [0.4, 0.5) is 4.39 Å². The third-order valence-electron chi connectivity index (χ3n) is 2.41. The van der Waals surface area contributed by atoms with Gasteiger partial charge < -0.3 is 10.5 Å². The van der Waals surface area contributed by atoms with Crippen molar-refractivity contribution in [1.82, 2.24) is 4.68 Å². The molecule has 3 nitrogen and oxygen atoms in total. The SMILES string of the molecule is CC(Nn1cccc1)c1ccc(F)cc1O. The van der Waals surface area contributed by atoms with E-state index in [1.165, 1.54) is 6.07 Å². The third kappa shape index (κ3) is 2.16. The smallest absolute Gasteiger partial charge is 0.126 e. The van der Waals surface area contributed by atoms with E-state index < -0.39 is 5.82 Å². The molecule has 2 aromatic rings. The Bertz CT molecular complexity index is 468. The van der Waals surface area contributed by atoms with E-state index in [2.05, 4.69) is 5.43 Å². The predicted octanol–water partition coefficient (Wildman–Crippen LogP) is 2.64. The Morgan fingerprint density at radius 3 is 2.62 bits per heavy atom. The van der Waals surface area contributed by atoms with Gasteiger partial charge in [0.05, 0.1) is 6.04 Å². The Kier molecular flexibility index (Phi) is 2.81. The van der Waals surface area contributed by atoms with Crippen molar-refractivity contribution >= 4 is 0 Å². The number of nitrogens with one attached hydrogen (secondary N) is 1. The first-order valence-electron chi connectivity index (χ1n) is 5.05. The van der Waals surface area contributed by atoms with Crippen LogP contribution in [0.15, 0.2) is 42.7 Å². The van der Waals surface area contributed by atoms with Gasteiger partial charge in [-0.3, -0.25) is 4.68 Å². The van der Waals surface area contributed by atoms with E-state index in [9.17, 15) is 9.50 Å². The Morgan fingerprint density at radius 2 is 2.00 bits per heavy atom. The number of benzene rings is 1. The van der Waals surface area contributed by atoms with Crippen molar-refractivity contribution in [3.05, 3.63) is 54.1 Å². The first-order chi connectivity index (χ1) is 7.66. The van der Waals surface area contributed by atoms with Crippen LogP contribution in [0.5, 0.6) is 5.75 Å². The number of hydrogen-bond donors (Lipinski definition) is 2. The number of aromatic nitrogens is 1. The van der Waals surface area contributed by atoms with Crippen LogP contribution in [0.1, 0.15) is 18.5 Å². The first kappa shape index (κ1) is 10.5. The Morgan fingerprint density at radius 1 is 1.31 bits per heavy atom. The predicted molar refractivity (Wildman–Crippen MR) is 60.3 cm³/mol. The molecule has 1 unspecified atom stereocenters. The third-order valence-corrected chi connectivity index (χ3v) is 2.41. The van der Waals surface area contributed by atoms with E-state index in [0.717, 1.165) is 6.07 Å². The summed E-state index contributed by atoms with van der Waals surface area (Å²) in [4.78, 5) is 0. The summed E-state index contributed by atoms with van der Waals surface area (Å²) in [5.41, 5.74) is 3.79. The molecule has 1 aromatic heterocycles. The zero-order chi connectivity index (χ0) is 11.5. The second-order valence-electron chi connectivity index (χ2n) is 3.64. The lowest BCUT2D eigenvalue weighted by molar-refractivity contribution is 0.457. The Hall–Kier alpha value is -1.97. The molecule has 1 aromatic carbocycles. The molecule has 84 valence electrons. The largest absolute Gasteiger partial charge is 0.507 e. The molecular weight excluding hydrogens is 207 g/mol. The minimum absolute atomic E-state index is 0.0350. The molecule has 0 radical (unpaired) electrons. The number of phenols is 1. The highest BCUT2D eigenvalue weighted by Crippen LogP contribution is 2.25. The number of nitrogens with zero attached hydrogens (tertiary/aromatic N) is 1. The fourth-order valence-electron chi connectivity index (χ4n) is 1.60. The van der Waals surface area contributed by atoms with Gasteiger partial charge in [0, 0.05) is 24.0 Å². The van der Waals surface area contributed by atoms with E-state index >= 15 is 0 Å². The summed E-state index contributed by atoms with van der Waals surface area (Å²) in [6.07, 6.45) is 3.72. The highest BCUT2D eigenvalue weighted by atomic mass is 19.1. The number of phenolic OH excluding ortho intramolecular Hbond substituents is 1. The van der Waals surface area contributed by atoms with Crippen LogP contribution < -0.4 is 5.43 Å². The fraction of sp³-hybridized carbons (Fsp3) is 0.167. The Balaban J connectivity index is 2.17. The normalized spacial score (nSPS) is 12.4. The molecule has 4 heteroatoms. The summed E-state index contributed by atoms with van der Waals surface area (Å²) in [6, 6.07) is 7.71. The topological polar surface area (TPSA) is 37.2 Å². The molecule has 1 atom stereocenters. The van der Waals surface area contributed by atoms with Crippen molar-refractivity contribution in [3.63, 3.8) is 0 Å². The maximum atomic E-state index is 12.8. The molecule has 16 heavy (non-hydrogen) atoms. The van der Waals surface area contributed by atoms with Crippen LogP contribution in [0.25, 0.3) is 0 Å². The van der Waals surface area contributed by atoms with Crippen LogP contribution in [-0.2, 0) is 0 Å². The summed E-state index contributed by atoms with van der Waals surface area (Å²) >= 11 is 0. The van der Waals surface area contributed by atoms with Crippen molar-refractivity contribution in [2.75, 3.05) is 5.43 Å². The highest BCUT2D eigenvalue weighted by Gasteiger charge is 2.10. The lowest BCUT2D eigenvalue weighted by Gasteiger charge is -2.17. The van der Waals surface area contributed by atoms with Gasteiger partial charge in [-0.15, -0.1) is 0 Å². The second-order valence-corrected chi connectivity index (χ2v) is 3.64. The molecule has 0 spiro atoms. The van der Waals surface area contributed by atoms with Crippen LogP contribution >= 0.6 is 0 Å². The van der Waals surface area contributed by atoms with Crippen molar-refractivity contribution in [1.29, 1.82) is 0 Å². The lowest BCUT2D eigenvalue weighted by atomic mass is 10.1. The van der Waals surface area contributed by atoms with Gasteiger partial charge >= 0.3 is 0 Å². The zero-order valence-electron chi connectivity index (χ0n) is 8.89. The molecule has 0 aliphatic rings. The molecule has 0 amide bonds. The minimum atomic E-state index is -0.436. The molecule has 2 N–H and O–H groups in total.